The van der Waals surface area contributed by atoms with E-state index >= 15 is 0 Å². The average molecular weight is 464 g/mol. The number of carbonyl (C=O) groups excluding carboxylic acids is 3. The predicted molar refractivity (Wildman–Crippen MR) is 114 cm³/mol. The number of aliphatic carboxylic acids is 2. The highest BCUT2D eigenvalue weighted by molar-refractivity contribution is 5.95. The van der Waals surface area contributed by atoms with E-state index in [1.54, 1.807) is 12.1 Å². The molecular formula is C21H28N4O8. The lowest BCUT2D eigenvalue weighted by Crippen LogP contribution is -2.57. The first-order chi connectivity index (χ1) is 15.5. The van der Waals surface area contributed by atoms with Crippen LogP contribution in [0.25, 0.3) is 0 Å². The fraction of sp³-hybridized carbons (Fsp3) is 0.476. The van der Waals surface area contributed by atoms with Crippen molar-refractivity contribution in [3.63, 3.8) is 0 Å². The third-order valence-electron chi connectivity index (χ3n) is 5.24. The number of phenols is 1. The second kappa shape index (κ2) is 11.3. The molecule has 1 saturated heterocycles. The maximum absolute atomic E-state index is 13.3. The van der Waals surface area contributed by atoms with Crippen molar-refractivity contribution < 1.29 is 39.3 Å². The van der Waals surface area contributed by atoms with E-state index in [9.17, 15) is 34.2 Å². The number of aromatic hydroxyl groups is 1. The normalized spacial score (nSPS) is 18.1. The summed E-state index contributed by atoms with van der Waals surface area (Å²) in [5.41, 5.74) is 6.25. The van der Waals surface area contributed by atoms with E-state index in [4.69, 9.17) is 10.8 Å². The molecule has 1 aromatic rings. The van der Waals surface area contributed by atoms with Gasteiger partial charge in [-0.25, -0.2) is 4.79 Å². The van der Waals surface area contributed by atoms with Crippen molar-refractivity contribution in [2.24, 2.45) is 5.73 Å². The number of likely N-dealkylation sites (tertiary alicyclic amines) is 1. The fourth-order valence-electron chi connectivity index (χ4n) is 3.52. The molecule has 0 aromatic heterocycles. The molecule has 0 bridgehead atoms. The molecule has 0 radical (unpaired) electrons. The highest BCUT2D eigenvalue weighted by Crippen LogP contribution is 2.21. The van der Waals surface area contributed by atoms with Crippen LogP contribution in [0.15, 0.2) is 24.3 Å². The zero-order valence-corrected chi connectivity index (χ0v) is 18.1. The van der Waals surface area contributed by atoms with E-state index in [1.165, 1.54) is 24.0 Å². The molecule has 1 aliphatic rings. The Bertz CT molecular complexity index is 902. The van der Waals surface area contributed by atoms with Gasteiger partial charge < -0.3 is 36.6 Å². The molecule has 1 aromatic carbocycles. The molecular weight excluding hydrogens is 436 g/mol. The Morgan fingerprint density at radius 1 is 1.09 bits per heavy atom. The standard InChI is InChI=1S/C21H28N4O8/c1-11(22)18(29)23-14(9-12-4-6-13(26)7-5-12)20(31)25-8-2-3-16(25)19(30)24-15(21(32)33)10-17(27)28/h4-7,11,14-16,26H,2-3,8-10,22H2,1H3,(H,23,29)(H,24,30)(H,27,28)(H,32,33). The summed E-state index contributed by atoms with van der Waals surface area (Å²) in [4.78, 5) is 61.7. The fourth-order valence-corrected chi connectivity index (χ4v) is 3.52. The molecule has 7 N–H and O–H groups in total. The number of phenolic OH excluding ortho intramolecular Hbond substituents is 1. The molecule has 12 nitrogen and oxygen atoms in total. The molecule has 0 aliphatic carbocycles. The third-order valence-corrected chi connectivity index (χ3v) is 5.24. The van der Waals surface area contributed by atoms with Crippen molar-refractivity contribution >= 4 is 29.7 Å². The third kappa shape index (κ3) is 7.17. The van der Waals surface area contributed by atoms with Gasteiger partial charge in [-0.15, -0.1) is 0 Å². The van der Waals surface area contributed by atoms with Crippen LogP contribution in [-0.4, -0.2) is 80.6 Å². The average Bonchev–Trinajstić information content (AvgIpc) is 3.23. The summed E-state index contributed by atoms with van der Waals surface area (Å²) in [7, 11) is 0. The van der Waals surface area contributed by atoms with E-state index in [2.05, 4.69) is 10.6 Å². The minimum absolute atomic E-state index is 0.0341. The topological polar surface area (TPSA) is 199 Å². The van der Waals surface area contributed by atoms with Gasteiger partial charge in [0, 0.05) is 13.0 Å². The Labute approximate surface area is 189 Å². The van der Waals surface area contributed by atoms with Crippen LogP contribution in [0.2, 0.25) is 0 Å². The minimum atomic E-state index is -1.64. The molecule has 4 atom stereocenters. The van der Waals surface area contributed by atoms with Gasteiger partial charge >= 0.3 is 11.9 Å². The Balaban J connectivity index is 2.20. The first-order valence-corrected chi connectivity index (χ1v) is 10.4. The van der Waals surface area contributed by atoms with Crippen LogP contribution in [-0.2, 0) is 30.4 Å². The lowest BCUT2D eigenvalue weighted by atomic mass is 10.0. The van der Waals surface area contributed by atoms with Crippen LogP contribution in [0.5, 0.6) is 5.75 Å². The first kappa shape index (κ1) is 25.6. The highest BCUT2D eigenvalue weighted by atomic mass is 16.4. The van der Waals surface area contributed by atoms with Gasteiger partial charge in [-0.2, -0.15) is 0 Å². The Kier molecular flexibility index (Phi) is 8.74. The summed E-state index contributed by atoms with van der Waals surface area (Å²) in [6, 6.07) is 1.45. The largest absolute Gasteiger partial charge is 0.508 e. The van der Waals surface area contributed by atoms with Crippen LogP contribution >= 0.6 is 0 Å². The molecule has 0 saturated carbocycles. The SMILES string of the molecule is CC(N)C(=O)NC(Cc1ccc(O)cc1)C(=O)N1CCCC1C(=O)NC(CC(=O)O)C(=O)O. The van der Waals surface area contributed by atoms with Crippen molar-refractivity contribution in [1.29, 1.82) is 0 Å². The van der Waals surface area contributed by atoms with Crippen LogP contribution < -0.4 is 16.4 Å². The number of hydrogen-bond donors (Lipinski definition) is 6. The summed E-state index contributed by atoms with van der Waals surface area (Å²) >= 11 is 0. The number of nitrogens with two attached hydrogens (primary N) is 1. The lowest BCUT2D eigenvalue weighted by Gasteiger charge is -2.29. The summed E-state index contributed by atoms with van der Waals surface area (Å²) in [6.07, 6.45) is -0.0212. The van der Waals surface area contributed by atoms with Gasteiger partial charge in [0.2, 0.25) is 17.7 Å². The van der Waals surface area contributed by atoms with Crippen LogP contribution in [0.4, 0.5) is 0 Å². The van der Waals surface area contributed by atoms with Crippen LogP contribution in [0, 0.1) is 0 Å². The zero-order chi connectivity index (χ0) is 24.7. The van der Waals surface area contributed by atoms with Gasteiger partial charge in [0.05, 0.1) is 12.5 Å². The second-order valence-electron chi connectivity index (χ2n) is 7.91. The number of carboxylic acids is 2. The second-order valence-corrected chi connectivity index (χ2v) is 7.91. The van der Waals surface area contributed by atoms with E-state index < -0.39 is 60.2 Å². The number of amides is 3. The van der Waals surface area contributed by atoms with Crippen molar-refractivity contribution in [3.05, 3.63) is 29.8 Å². The Morgan fingerprint density at radius 3 is 2.27 bits per heavy atom. The van der Waals surface area contributed by atoms with Crippen LogP contribution in [0.1, 0.15) is 31.7 Å². The Morgan fingerprint density at radius 2 is 1.73 bits per heavy atom. The number of nitrogens with one attached hydrogen (secondary N) is 2. The van der Waals surface area contributed by atoms with Gasteiger partial charge in [-0.3, -0.25) is 19.2 Å². The van der Waals surface area contributed by atoms with Gasteiger partial charge in [0.1, 0.15) is 23.9 Å². The molecule has 3 amide bonds. The number of hydrogen-bond acceptors (Lipinski definition) is 7. The van der Waals surface area contributed by atoms with Crippen molar-refractivity contribution in [3.8, 4) is 5.75 Å². The van der Waals surface area contributed by atoms with E-state index in [-0.39, 0.29) is 25.1 Å². The Hall–Kier alpha value is -3.67. The summed E-state index contributed by atoms with van der Waals surface area (Å²) in [6.45, 7) is 1.66. The molecule has 1 heterocycles. The molecule has 1 aliphatic heterocycles. The van der Waals surface area contributed by atoms with E-state index in [1.807, 2.05) is 0 Å². The van der Waals surface area contributed by atoms with Crippen molar-refractivity contribution in [2.75, 3.05) is 6.54 Å². The highest BCUT2D eigenvalue weighted by Gasteiger charge is 2.39. The molecule has 1 fully saturated rings. The van der Waals surface area contributed by atoms with Gasteiger partial charge in [-0.05, 0) is 37.5 Å². The predicted octanol–water partition coefficient (Wildman–Crippen LogP) is -1.20. The van der Waals surface area contributed by atoms with Gasteiger partial charge in [-0.1, -0.05) is 12.1 Å². The number of benzene rings is 1. The minimum Gasteiger partial charge on any atom is -0.508 e. The van der Waals surface area contributed by atoms with Gasteiger partial charge in [0.15, 0.2) is 0 Å². The summed E-state index contributed by atoms with van der Waals surface area (Å²) < 4.78 is 0. The quantitative estimate of drug-likeness (QED) is 0.246. The smallest absolute Gasteiger partial charge is 0.326 e. The maximum Gasteiger partial charge on any atom is 0.326 e. The van der Waals surface area contributed by atoms with Crippen molar-refractivity contribution in [2.45, 2.75) is 56.8 Å². The molecule has 2 rings (SSSR count). The van der Waals surface area contributed by atoms with E-state index in [0.29, 0.717) is 12.0 Å². The van der Waals surface area contributed by atoms with E-state index in [0.717, 1.165) is 0 Å². The summed E-state index contributed by atoms with van der Waals surface area (Å²) in [5.74, 6) is -4.77. The number of rotatable bonds is 10. The number of carbonyl (C=O) groups is 5. The molecule has 33 heavy (non-hydrogen) atoms. The lowest BCUT2D eigenvalue weighted by molar-refractivity contribution is -0.148. The first-order valence-electron chi connectivity index (χ1n) is 10.4. The molecule has 4 unspecified atom stereocenters. The monoisotopic (exact) mass is 464 g/mol. The number of carboxylic acid groups (broad SMARTS) is 2. The number of nitrogens with zero attached hydrogens (tertiary/aromatic N) is 1. The summed E-state index contributed by atoms with van der Waals surface area (Å²) in [5, 5.41) is 32.3. The van der Waals surface area contributed by atoms with Gasteiger partial charge in [0.25, 0.3) is 0 Å². The molecule has 180 valence electrons. The zero-order valence-electron chi connectivity index (χ0n) is 18.1. The van der Waals surface area contributed by atoms with Crippen molar-refractivity contribution in [1.82, 2.24) is 15.5 Å². The van der Waals surface area contributed by atoms with Crippen LogP contribution in [0.3, 0.4) is 0 Å². The molecule has 12 heteroatoms. The maximum atomic E-state index is 13.3. The molecule has 0 spiro atoms.